The van der Waals surface area contributed by atoms with Gasteiger partial charge in [-0.1, -0.05) is 0 Å². The number of likely N-dealkylation sites (tertiary alicyclic amines) is 1. The average Bonchev–Trinajstić information content (AvgIpc) is 2.97. The van der Waals surface area contributed by atoms with Crippen molar-refractivity contribution in [2.75, 3.05) is 13.1 Å². The van der Waals surface area contributed by atoms with Crippen molar-refractivity contribution in [2.24, 2.45) is 5.92 Å². The molecule has 2 heterocycles. The summed E-state index contributed by atoms with van der Waals surface area (Å²) in [5, 5.41) is 12.9. The highest BCUT2D eigenvalue weighted by molar-refractivity contribution is 5.81. The van der Waals surface area contributed by atoms with Gasteiger partial charge in [-0.2, -0.15) is 5.10 Å². The van der Waals surface area contributed by atoms with Gasteiger partial charge in [-0.05, 0) is 19.4 Å². The summed E-state index contributed by atoms with van der Waals surface area (Å²) >= 11 is 0. The smallest absolute Gasteiger partial charge is 0.308 e. The molecule has 0 bridgehead atoms. The Labute approximate surface area is 98.8 Å². The first kappa shape index (κ1) is 11.6. The minimum Gasteiger partial charge on any atom is -0.481 e. The Hall–Kier alpha value is -1.85. The second kappa shape index (κ2) is 4.57. The normalized spacial score (nSPS) is 21.5. The summed E-state index contributed by atoms with van der Waals surface area (Å²) in [7, 11) is 0. The van der Waals surface area contributed by atoms with E-state index in [1.807, 2.05) is 0 Å². The van der Waals surface area contributed by atoms with Gasteiger partial charge in [0.05, 0.1) is 5.92 Å². The standard InChI is InChI=1S/C11H15N3O3/c1-8(14-5-2-4-12-14)10(15)13-6-3-9(7-13)11(16)17/h2,4-5,8-9H,3,6-7H2,1H3,(H,16,17). The molecular formula is C11H15N3O3. The van der Waals surface area contributed by atoms with Gasteiger partial charge in [0.25, 0.3) is 0 Å². The quantitative estimate of drug-likeness (QED) is 0.824. The number of carbonyl (C=O) groups excluding carboxylic acids is 1. The van der Waals surface area contributed by atoms with Crippen LogP contribution in [0.25, 0.3) is 0 Å². The molecular weight excluding hydrogens is 222 g/mol. The lowest BCUT2D eigenvalue weighted by molar-refractivity contribution is -0.141. The number of hydrogen-bond acceptors (Lipinski definition) is 3. The molecule has 0 saturated carbocycles. The number of hydrogen-bond donors (Lipinski definition) is 1. The van der Waals surface area contributed by atoms with Crippen LogP contribution in [0.5, 0.6) is 0 Å². The predicted octanol–water partition coefficient (Wildman–Crippen LogP) is 0.377. The second-order valence-electron chi connectivity index (χ2n) is 4.27. The maximum absolute atomic E-state index is 12.1. The molecule has 1 amide bonds. The number of nitrogens with zero attached hydrogens (tertiary/aromatic N) is 3. The minimum atomic E-state index is -0.827. The van der Waals surface area contributed by atoms with Crippen LogP contribution in [0.1, 0.15) is 19.4 Å². The Morgan fingerprint density at radius 2 is 2.29 bits per heavy atom. The second-order valence-corrected chi connectivity index (χ2v) is 4.27. The summed E-state index contributed by atoms with van der Waals surface area (Å²) in [6.45, 7) is 2.59. The van der Waals surface area contributed by atoms with Crippen LogP contribution >= 0.6 is 0 Å². The largest absolute Gasteiger partial charge is 0.481 e. The Balaban J connectivity index is 2.00. The van der Waals surface area contributed by atoms with E-state index in [0.29, 0.717) is 19.5 Å². The van der Waals surface area contributed by atoms with Gasteiger partial charge in [-0.3, -0.25) is 14.3 Å². The zero-order chi connectivity index (χ0) is 12.4. The van der Waals surface area contributed by atoms with Crippen molar-refractivity contribution < 1.29 is 14.7 Å². The first-order valence-corrected chi connectivity index (χ1v) is 5.60. The predicted molar refractivity (Wildman–Crippen MR) is 59.3 cm³/mol. The third-order valence-corrected chi connectivity index (χ3v) is 3.13. The SMILES string of the molecule is CC(C(=O)N1CCC(C(=O)O)C1)n1cccn1. The molecule has 6 heteroatoms. The van der Waals surface area contributed by atoms with E-state index < -0.39 is 11.9 Å². The van der Waals surface area contributed by atoms with Gasteiger partial charge in [0.1, 0.15) is 6.04 Å². The van der Waals surface area contributed by atoms with Crippen LogP contribution in [-0.2, 0) is 9.59 Å². The number of rotatable bonds is 3. The third-order valence-electron chi connectivity index (χ3n) is 3.13. The van der Waals surface area contributed by atoms with Gasteiger partial charge in [-0.15, -0.1) is 0 Å². The van der Waals surface area contributed by atoms with Gasteiger partial charge in [0, 0.05) is 25.5 Å². The Kier molecular flexibility index (Phi) is 3.12. The number of carboxylic acid groups (broad SMARTS) is 1. The average molecular weight is 237 g/mol. The van der Waals surface area contributed by atoms with Crippen molar-refractivity contribution in [3.8, 4) is 0 Å². The monoisotopic (exact) mass is 237 g/mol. The molecule has 1 aliphatic heterocycles. The first-order valence-electron chi connectivity index (χ1n) is 5.60. The van der Waals surface area contributed by atoms with E-state index in [0.717, 1.165) is 0 Å². The molecule has 0 aromatic carbocycles. The molecule has 17 heavy (non-hydrogen) atoms. The van der Waals surface area contributed by atoms with E-state index in [2.05, 4.69) is 5.10 Å². The van der Waals surface area contributed by atoms with Crippen molar-refractivity contribution in [2.45, 2.75) is 19.4 Å². The molecule has 1 fully saturated rings. The van der Waals surface area contributed by atoms with Gasteiger partial charge < -0.3 is 10.0 Å². The van der Waals surface area contributed by atoms with Crippen molar-refractivity contribution in [3.05, 3.63) is 18.5 Å². The molecule has 2 unspecified atom stereocenters. The molecule has 92 valence electrons. The molecule has 6 nitrogen and oxygen atoms in total. The number of carbonyl (C=O) groups is 2. The highest BCUT2D eigenvalue weighted by atomic mass is 16.4. The van der Waals surface area contributed by atoms with Crippen LogP contribution in [0.3, 0.4) is 0 Å². The summed E-state index contributed by atoms with van der Waals surface area (Å²) in [5.41, 5.74) is 0. The summed E-state index contributed by atoms with van der Waals surface area (Å²) in [6, 6.07) is 1.38. The summed E-state index contributed by atoms with van der Waals surface area (Å²) in [5.74, 6) is -1.33. The van der Waals surface area contributed by atoms with E-state index in [1.54, 1.807) is 35.0 Å². The highest BCUT2D eigenvalue weighted by Gasteiger charge is 2.33. The van der Waals surface area contributed by atoms with E-state index in [4.69, 9.17) is 5.11 Å². The van der Waals surface area contributed by atoms with Gasteiger partial charge in [0.2, 0.25) is 5.91 Å². The summed E-state index contributed by atoms with van der Waals surface area (Å²) < 4.78 is 1.58. The molecule has 1 N–H and O–H groups in total. The zero-order valence-electron chi connectivity index (χ0n) is 9.61. The topological polar surface area (TPSA) is 75.4 Å². The lowest BCUT2D eigenvalue weighted by Gasteiger charge is -2.20. The molecule has 0 spiro atoms. The number of carboxylic acids is 1. The number of aromatic nitrogens is 2. The van der Waals surface area contributed by atoms with E-state index >= 15 is 0 Å². The van der Waals surface area contributed by atoms with Crippen molar-refractivity contribution in [3.63, 3.8) is 0 Å². The highest BCUT2D eigenvalue weighted by Crippen LogP contribution is 2.19. The zero-order valence-corrected chi connectivity index (χ0v) is 9.61. The molecule has 1 aliphatic rings. The molecule has 1 aromatic rings. The van der Waals surface area contributed by atoms with E-state index in [-0.39, 0.29) is 11.9 Å². The van der Waals surface area contributed by atoms with Gasteiger partial charge >= 0.3 is 5.97 Å². The van der Waals surface area contributed by atoms with Gasteiger partial charge in [0.15, 0.2) is 0 Å². The van der Waals surface area contributed by atoms with Crippen LogP contribution in [0, 0.1) is 5.92 Å². The molecule has 1 aromatic heterocycles. The van der Waals surface area contributed by atoms with Gasteiger partial charge in [-0.25, -0.2) is 0 Å². The maximum Gasteiger partial charge on any atom is 0.308 e. The van der Waals surface area contributed by atoms with Crippen molar-refractivity contribution in [1.82, 2.24) is 14.7 Å². The summed E-state index contributed by atoms with van der Waals surface area (Å²) in [4.78, 5) is 24.5. The fourth-order valence-corrected chi connectivity index (χ4v) is 2.05. The number of amides is 1. The van der Waals surface area contributed by atoms with Crippen molar-refractivity contribution >= 4 is 11.9 Å². The Morgan fingerprint density at radius 1 is 1.53 bits per heavy atom. The lowest BCUT2D eigenvalue weighted by Crippen LogP contribution is -2.35. The van der Waals surface area contributed by atoms with E-state index in [1.165, 1.54) is 0 Å². The van der Waals surface area contributed by atoms with Crippen LogP contribution in [0.15, 0.2) is 18.5 Å². The lowest BCUT2D eigenvalue weighted by atomic mass is 10.1. The third kappa shape index (κ3) is 2.30. The first-order chi connectivity index (χ1) is 8.09. The fraction of sp³-hybridized carbons (Fsp3) is 0.545. The Morgan fingerprint density at radius 3 is 2.82 bits per heavy atom. The van der Waals surface area contributed by atoms with Crippen molar-refractivity contribution in [1.29, 1.82) is 0 Å². The van der Waals surface area contributed by atoms with Crippen LogP contribution in [0.4, 0.5) is 0 Å². The molecule has 2 rings (SSSR count). The van der Waals surface area contributed by atoms with E-state index in [9.17, 15) is 9.59 Å². The molecule has 1 saturated heterocycles. The Bertz CT molecular complexity index is 416. The maximum atomic E-state index is 12.1. The van der Waals surface area contributed by atoms with Crippen LogP contribution in [0.2, 0.25) is 0 Å². The summed E-state index contributed by atoms with van der Waals surface area (Å²) in [6.07, 6.45) is 3.88. The van der Waals surface area contributed by atoms with Crippen LogP contribution < -0.4 is 0 Å². The molecule has 0 radical (unpaired) electrons. The number of aliphatic carboxylic acids is 1. The minimum absolute atomic E-state index is 0.0718. The fourth-order valence-electron chi connectivity index (χ4n) is 2.05. The van der Waals surface area contributed by atoms with Crippen LogP contribution in [-0.4, -0.2) is 44.8 Å². The molecule has 0 aliphatic carbocycles. The molecule has 2 atom stereocenters.